The first-order valence-corrected chi connectivity index (χ1v) is 8.36. The lowest BCUT2D eigenvalue weighted by Crippen LogP contribution is -2.42. The van der Waals surface area contributed by atoms with Crippen LogP contribution in [0.5, 0.6) is 0 Å². The number of amides is 1. The molecule has 1 amide bonds. The number of rotatable bonds is 5. The number of aliphatic hydroxyl groups is 1. The van der Waals surface area contributed by atoms with Gasteiger partial charge in [-0.2, -0.15) is 0 Å². The second-order valence-electron chi connectivity index (χ2n) is 7.08. The van der Waals surface area contributed by atoms with Crippen LogP contribution in [0.1, 0.15) is 39.0 Å². The molecule has 0 aromatic carbocycles. The van der Waals surface area contributed by atoms with Gasteiger partial charge in [0.15, 0.2) is 0 Å². The van der Waals surface area contributed by atoms with Crippen LogP contribution in [0, 0.1) is 11.8 Å². The highest BCUT2D eigenvalue weighted by Crippen LogP contribution is 2.26. The SMILES string of the molecule is CC(O)CN1CCC(CN(C)C(=O)C2CCC(N)C2)CC1.Cl.Cl. The third-order valence-electron chi connectivity index (χ3n) is 4.96. The van der Waals surface area contributed by atoms with Crippen molar-refractivity contribution in [1.82, 2.24) is 9.80 Å². The molecular weight excluding hydrogens is 337 g/mol. The molecule has 2 fully saturated rings. The summed E-state index contributed by atoms with van der Waals surface area (Å²) >= 11 is 0. The van der Waals surface area contributed by atoms with Crippen molar-refractivity contribution in [2.24, 2.45) is 17.6 Å². The minimum atomic E-state index is -0.252. The zero-order chi connectivity index (χ0) is 15.4. The maximum Gasteiger partial charge on any atom is 0.225 e. The fraction of sp³-hybridized carbons (Fsp3) is 0.938. The first kappa shape index (κ1) is 22.9. The molecular formula is C16H33Cl2N3O2. The van der Waals surface area contributed by atoms with Crippen LogP contribution in [0.3, 0.4) is 0 Å². The van der Waals surface area contributed by atoms with Gasteiger partial charge in [0.25, 0.3) is 0 Å². The second kappa shape index (κ2) is 10.7. The topological polar surface area (TPSA) is 69.8 Å². The number of nitrogens with zero attached hydrogens (tertiary/aromatic N) is 2. The number of aliphatic hydroxyl groups excluding tert-OH is 1. The van der Waals surface area contributed by atoms with E-state index >= 15 is 0 Å². The number of halogens is 2. The van der Waals surface area contributed by atoms with E-state index in [9.17, 15) is 9.90 Å². The minimum absolute atomic E-state index is 0. The highest BCUT2D eigenvalue weighted by atomic mass is 35.5. The van der Waals surface area contributed by atoms with Crippen LogP contribution in [0.2, 0.25) is 0 Å². The summed E-state index contributed by atoms with van der Waals surface area (Å²) < 4.78 is 0. The van der Waals surface area contributed by atoms with E-state index in [1.807, 2.05) is 18.9 Å². The zero-order valence-corrected chi connectivity index (χ0v) is 16.0. The summed E-state index contributed by atoms with van der Waals surface area (Å²) in [6.45, 7) is 5.54. The summed E-state index contributed by atoms with van der Waals surface area (Å²) in [5.41, 5.74) is 5.91. The lowest BCUT2D eigenvalue weighted by atomic mass is 9.95. The van der Waals surface area contributed by atoms with E-state index in [1.54, 1.807) is 0 Å². The fourth-order valence-corrected chi connectivity index (χ4v) is 3.75. The standard InChI is InChI=1S/C16H31N3O2.2ClH/c1-12(20)10-19-7-5-13(6-8-19)11-18(2)16(21)14-3-4-15(17)9-14;;/h12-15,20H,3-11,17H2,1-2H3;2*1H. The lowest BCUT2D eigenvalue weighted by molar-refractivity contribution is -0.134. The van der Waals surface area contributed by atoms with E-state index in [1.165, 1.54) is 0 Å². The third-order valence-corrected chi connectivity index (χ3v) is 4.96. The Balaban J connectivity index is 0.00000242. The molecule has 0 aromatic heterocycles. The van der Waals surface area contributed by atoms with E-state index in [4.69, 9.17) is 5.73 Å². The van der Waals surface area contributed by atoms with Crippen LogP contribution in [0.4, 0.5) is 0 Å². The quantitative estimate of drug-likeness (QED) is 0.770. The van der Waals surface area contributed by atoms with E-state index in [0.717, 1.165) is 58.3 Å². The molecule has 23 heavy (non-hydrogen) atoms. The van der Waals surface area contributed by atoms with Crippen molar-refractivity contribution >= 4 is 30.7 Å². The number of β-amino-alcohol motifs (C(OH)–C–C–N with tert-alkyl or cyclic N) is 1. The van der Waals surface area contributed by atoms with Gasteiger partial charge in [-0.15, -0.1) is 24.8 Å². The van der Waals surface area contributed by atoms with Crippen LogP contribution < -0.4 is 5.73 Å². The summed E-state index contributed by atoms with van der Waals surface area (Å²) in [4.78, 5) is 16.6. The molecule has 138 valence electrons. The molecule has 3 atom stereocenters. The molecule has 5 nitrogen and oxygen atoms in total. The molecule has 1 aliphatic heterocycles. The summed E-state index contributed by atoms with van der Waals surface area (Å²) in [5, 5.41) is 9.43. The average molecular weight is 370 g/mol. The Hall–Kier alpha value is -0.0700. The molecule has 1 saturated heterocycles. The lowest BCUT2D eigenvalue weighted by Gasteiger charge is -2.34. The maximum absolute atomic E-state index is 12.4. The molecule has 1 heterocycles. The van der Waals surface area contributed by atoms with E-state index in [2.05, 4.69) is 4.90 Å². The van der Waals surface area contributed by atoms with Gasteiger partial charge in [0.05, 0.1) is 6.10 Å². The van der Waals surface area contributed by atoms with Crippen molar-refractivity contribution in [3.8, 4) is 0 Å². The van der Waals surface area contributed by atoms with Crippen LogP contribution >= 0.6 is 24.8 Å². The summed E-state index contributed by atoms with van der Waals surface area (Å²) in [7, 11) is 1.94. The summed E-state index contributed by atoms with van der Waals surface area (Å²) in [5.74, 6) is 1.04. The van der Waals surface area contributed by atoms with E-state index in [0.29, 0.717) is 5.92 Å². The molecule has 1 aliphatic carbocycles. The molecule has 7 heteroatoms. The van der Waals surface area contributed by atoms with Gasteiger partial charge in [0.1, 0.15) is 0 Å². The van der Waals surface area contributed by atoms with E-state index < -0.39 is 0 Å². The molecule has 2 rings (SSSR count). The van der Waals surface area contributed by atoms with Gasteiger partial charge in [-0.1, -0.05) is 0 Å². The Morgan fingerprint density at radius 2 is 1.87 bits per heavy atom. The molecule has 3 unspecified atom stereocenters. The molecule has 0 radical (unpaired) electrons. The van der Waals surface area contributed by atoms with Crippen molar-refractivity contribution in [3.63, 3.8) is 0 Å². The number of carbonyl (C=O) groups excluding carboxylic acids is 1. The molecule has 1 saturated carbocycles. The Morgan fingerprint density at radius 3 is 2.35 bits per heavy atom. The Labute approximate surface area is 152 Å². The molecule has 0 bridgehead atoms. The first-order chi connectivity index (χ1) is 9.95. The highest BCUT2D eigenvalue weighted by molar-refractivity contribution is 5.85. The predicted molar refractivity (Wildman–Crippen MR) is 98.3 cm³/mol. The van der Waals surface area contributed by atoms with Crippen LogP contribution in [-0.4, -0.2) is 66.2 Å². The number of carbonyl (C=O) groups is 1. The molecule has 0 aromatic rings. The van der Waals surface area contributed by atoms with Crippen molar-refractivity contribution in [3.05, 3.63) is 0 Å². The van der Waals surface area contributed by atoms with Crippen molar-refractivity contribution in [2.75, 3.05) is 33.2 Å². The normalized spacial score (nSPS) is 27.0. The maximum atomic E-state index is 12.4. The van der Waals surface area contributed by atoms with Gasteiger partial charge < -0.3 is 20.6 Å². The Kier molecular flexibility index (Phi) is 10.7. The molecule has 2 aliphatic rings. The van der Waals surface area contributed by atoms with Crippen molar-refractivity contribution < 1.29 is 9.90 Å². The zero-order valence-electron chi connectivity index (χ0n) is 14.3. The van der Waals surface area contributed by atoms with Gasteiger partial charge in [-0.05, 0) is 58.0 Å². The Morgan fingerprint density at radius 1 is 1.26 bits per heavy atom. The van der Waals surface area contributed by atoms with Crippen LogP contribution in [0.15, 0.2) is 0 Å². The second-order valence-corrected chi connectivity index (χ2v) is 7.08. The Bertz CT molecular complexity index is 350. The average Bonchev–Trinajstić information content (AvgIpc) is 2.86. The highest BCUT2D eigenvalue weighted by Gasteiger charge is 2.31. The van der Waals surface area contributed by atoms with Gasteiger partial charge in [0, 0.05) is 32.1 Å². The number of likely N-dealkylation sites (tertiary alicyclic amines) is 1. The minimum Gasteiger partial charge on any atom is -0.392 e. The first-order valence-electron chi connectivity index (χ1n) is 8.36. The van der Waals surface area contributed by atoms with Crippen LogP contribution in [0.25, 0.3) is 0 Å². The number of piperidine rings is 1. The van der Waals surface area contributed by atoms with E-state index in [-0.39, 0.29) is 48.8 Å². The van der Waals surface area contributed by atoms with Crippen molar-refractivity contribution in [2.45, 2.75) is 51.2 Å². The monoisotopic (exact) mass is 369 g/mol. The van der Waals surface area contributed by atoms with Gasteiger partial charge in [-0.25, -0.2) is 0 Å². The summed E-state index contributed by atoms with van der Waals surface area (Å²) in [6, 6.07) is 0.219. The third kappa shape index (κ3) is 7.14. The fourth-order valence-electron chi connectivity index (χ4n) is 3.75. The summed E-state index contributed by atoms with van der Waals surface area (Å²) in [6.07, 6.45) is 4.79. The predicted octanol–water partition coefficient (Wildman–Crippen LogP) is 1.51. The van der Waals surface area contributed by atoms with Crippen LogP contribution in [-0.2, 0) is 4.79 Å². The molecule has 3 N–H and O–H groups in total. The van der Waals surface area contributed by atoms with Gasteiger partial charge in [0.2, 0.25) is 5.91 Å². The molecule has 0 spiro atoms. The number of hydrogen-bond acceptors (Lipinski definition) is 4. The van der Waals surface area contributed by atoms with Gasteiger partial charge in [-0.3, -0.25) is 4.79 Å². The number of hydrogen-bond donors (Lipinski definition) is 2. The smallest absolute Gasteiger partial charge is 0.225 e. The largest absolute Gasteiger partial charge is 0.392 e. The number of nitrogens with two attached hydrogens (primary N) is 1. The van der Waals surface area contributed by atoms with Gasteiger partial charge >= 0.3 is 0 Å². The van der Waals surface area contributed by atoms with Crippen molar-refractivity contribution in [1.29, 1.82) is 0 Å².